The van der Waals surface area contributed by atoms with E-state index >= 15 is 0 Å². The lowest BCUT2D eigenvalue weighted by molar-refractivity contribution is -0.136. The highest BCUT2D eigenvalue weighted by atomic mass is 19.4. The molecule has 2 heterocycles. The third-order valence-corrected chi connectivity index (χ3v) is 4.15. The second-order valence-electron chi connectivity index (χ2n) is 5.71. The average molecular weight is 296 g/mol. The number of benzene rings is 1. The monoisotopic (exact) mass is 296 g/mol. The zero-order valence-electron chi connectivity index (χ0n) is 11.6. The summed E-state index contributed by atoms with van der Waals surface area (Å²) in [7, 11) is 0. The molecule has 1 aromatic carbocycles. The van der Waals surface area contributed by atoms with Crippen molar-refractivity contribution in [3.05, 3.63) is 39.7 Å². The van der Waals surface area contributed by atoms with E-state index in [4.69, 9.17) is 0 Å². The topological polar surface area (TPSA) is 44.9 Å². The largest absolute Gasteiger partial charge is 0.417 e. The van der Waals surface area contributed by atoms with Gasteiger partial charge in [-0.1, -0.05) is 6.92 Å². The number of H-pyrrole nitrogens is 1. The number of nitrogens with one attached hydrogen (secondary N) is 2. The smallest absolute Gasteiger partial charge is 0.382 e. The summed E-state index contributed by atoms with van der Waals surface area (Å²) in [6.45, 7) is 4.09. The molecule has 2 aromatic rings. The summed E-state index contributed by atoms with van der Waals surface area (Å²) in [6, 6.07) is 4.01. The zero-order chi connectivity index (χ0) is 15.4. The van der Waals surface area contributed by atoms with Gasteiger partial charge in [0.15, 0.2) is 0 Å². The Kier molecular flexibility index (Phi) is 3.00. The van der Waals surface area contributed by atoms with E-state index in [0.717, 1.165) is 17.7 Å². The normalized spacial score (nSPS) is 22.0. The Morgan fingerprint density at radius 1 is 1.19 bits per heavy atom. The predicted octanol–water partition coefficient (Wildman–Crippen LogP) is 3.54. The summed E-state index contributed by atoms with van der Waals surface area (Å²) < 4.78 is 39.3. The lowest BCUT2D eigenvalue weighted by Gasteiger charge is -2.30. The summed E-state index contributed by atoms with van der Waals surface area (Å²) in [4.78, 5) is 13.9. The molecule has 0 amide bonds. The van der Waals surface area contributed by atoms with E-state index < -0.39 is 17.3 Å². The van der Waals surface area contributed by atoms with Gasteiger partial charge in [-0.3, -0.25) is 4.79 Å². The lowest BCUT2D eigenvalue weighted by Crippen LogP contribution is -2.30. The molecule has 0 unspecified atom stereocenters. The van der Waals surface area contributed by atoms with Crippen molar-refractivity contribution in [2.75, 3.05) is 5.32 Å². The maximum Gasteiger partial charge on any atom is 0.417 e. The molecule has 0 radical (unpaired) electrons. The van der Waals surface area contributed by atoms with Crippen LogP contribution in [-0.2, 0) is 12.6 Å². The number of alkyl halides is 3. The van der Waals surface area contributed by atoms with Gasteiger partial charge in [0.1, 0.15) is 0 Å². The van der Waals surface area contributed by atoms with Gasteiger partial charge in [-0.05, 0) is 37.0 Å². The van der Waals surface area contributed by atoms with E-state index in [2.05, 4.69) is 17.2 Å². The maximum atomic E-state index is 13.1. The Hall–Kier alpha value is -1.98. The first kappa shape index (κ1) is 14.0. The summed E-state index contributed by atoms with van der Waals surface area (Å²) in [6.07, 6.45) is -3.82. The van der Waals surface area contributed by atoms with E-state index in [1.807, 2.05) is 6.92 Å². The van der Waals surface area contributed by atoms with Crippen LogP contribution in [-0.4, -0.2) is 11.0 Å². The van der Waals surface area contributed by atoms with Crippen molar-refractivity contribution >= 4 is 16.6 Å². The van der Waals surface area contributed by atoms with Gasteiger partial charge in [0, 0.05) is 23.2 Å². The van der Waals surface area contributed by atoms with Gasteiger partial charge >= 0.3 is 6.18 Å². The summed E-state index contributed by atoms with van der Waals surface area (Å²) in [5.74, 6) is 0.340. The SMILES string of the molecule is C[C@H]1Cc2cc3c(C(F)(F)F)cc(=O)[nH]c3cc2N[C@@H]1C. The molecule has 21 heavy (non-hydrogen) atoms. The lowest BCUT2D eigenvalue weighted by atomic mass is 9.88. The second-order valence-corrected chi connectivity index (χ2v) is 5.71. The number of halogens is 3. The van der Waals surface area contributed by atoms with Crippen LogP contribution in [0.2, 0.25) is 0 Å². The minimum atomic E-state index is -4.54. The van der Waals surface area contributed by atoms with E-state index in [-0.39, 0.29) is 16.9 Å². The van der Waals surface area contributed by atoms with Gasteiger partial charge in [-0.15, -0.1) is 0 Å². The van der Waals surface area contributed by atoms with Crippen LogP contribution in [0, 0.1) is 5.92 Å². The van der Waals surface area contributed by atoms with Gasteiger partial charge in [-0.25, -0.2) is 0 Å². The van der Waals surface area contributed by atoms with Crippen molar-refractivity contribution in [3.8, 4) is 0 Å². The number of anilines is 1. The first-order valence-corrected chi connectivity index (χ1v) is 6.79. The maximum absolute atomic E-state index is 13.1. The summed E-state index contributed by atoms with van der Waals surface area (Å²) in [5.41, 5.74) is 0.235. The van der Waals surface area contributed by atoms with Crippen molar-refractivity contribution < 1.29 is 13.2 Å². The van der Waals surface area contributed by atoms with Crippen LogP contribution in [0.15, 0.2) is 23.0 Å². The fourth-order valence-electron chi connectivity index (χ4n) is 2.80. The Labute approximate surface area is 119 Å². The van der Waals surface area contributed by atoms with E-state index in [1.54, 1.807) is 12.1 Å². The van der Waals surface area contributed by atoms with Crippen LogP contribution >= 0.6 is 0 Å². The molecule has 0 bridgehead atoms. The van der Waals surface area contributed by atoms with Gasteiger partial charge in [0.2, 0.25) is 5.56 Å². The van der Waals surface area contributed by atoms with E-state index in [1.165, 1.54) is 0 Å². The summed E-state index contributed by atoms with van der Waals surface area (Å²) in [5, 5.41) is 3.32. The molecule has 112 valence electrons. The molecule has 0 aliphatic carbocycles. The molecule has 1 aliphatic heterocycles. The van der Waals surface area contributed by atoms with Crippen molar-refractivity contribution in [3.63, 3.8) is 0 Å². The molecule has 0 spiro atoms. The third-order valence-electron chi connectivity index (χ3n) is 4.15. The van der Waals surface area contributed by atoms with Crippen LogP contribution in [0.3, 0.4) is 0 Å². The van der Waals surface area contributed by atoms with Crippen molar-refractivity contribution in [1.82, 2.24) is 4.98 Å². The van der Waals surface area contributed by atoms with Crippen molar-refractivity contribution in [2.24, 2.45) is 5.92 Å². The number of rotatable bonds is 0. The number of aromatic amines is 1. The number of pyridine rings is 1. The molecule has 3 rings (SSSR count). The molecule has 1 aromatic heterocycles. The minimum absolute atomic E-state index is 0.0457. The van der Waals surface area contributed by atoms with Gasteiger partial charge < -0.3 is 10.3 Å². The number of hydrogen-bond acceptors (Lipinski definition) is 2. The van der Waals surface area contributed by atoms with Gasteiger partial charge in [0.05, 0.1) is 11.1 Å². The Morgan fingerprint density at radius 3 is 2.57 bits per heavy atom. The standard InChI is InChI=1S/C15H15F3N2O/c1-7-3-9-4-10-11(15(16,17)18)5-14(21)20-13(10)6-12(9)19-8(7)2/h4-8,19H,3H2,1-2H3,(H,20,21)/t7-,8+/m0/s1. The fourth-order valence-corrected chi connectivity index (χ4v) is 2.80. The van der Waals surface area contributed by atoms with Crippen LogP contribution in [0.5, 0.6) is 0 Å². The van der Waals surface area contributed by atoms with Gasteiger partial charge in [-0.2, -0.15) is 13.2 Å². The molecule has 3 nitrogen and oxygen atoms in total. The molecule has 2 atom stereocenters. The highest BCUT2D eigenvalue weighted by Gasteiger charge is 2.34. The highest BCUT2D eigenvalue weighted by molar-refractivity contribution is 5.87. The molecule has 6 heteroatoms. The van der Waals surface area contributed by atoms with Crippen LogP contribution in [0.4, 0.5) is 18.9 Å². The minimum Gasteiger partial charge on any atom is -0.382 e. The molecular formula is C15H15F3N2O. The molecule has 0 saturated heterocycles. The Balaban J connectivity index is 2.28. The first-order chi connectivity index (χ1) is 9.75. The Morgan fingerprint density at radius 2 is 1.90 bits per heavy atom. The first-order valence-electron chi connectivity index (χ1n) is 6.79. The Bertz CT molecular complexity index is 764. The number of fused-ring (bicyclic) bond motifs is 2. The summed E-state index contributed by atoms with van der Waals surface area (Å²) >= 11 is 0. The fraction of sp³-hybridized carbons (Fsp3) is 0.400. The van der Waals surface area contributed by atoms with Crippen molar-refractivity contribution in [2.45, 2.75) is 32.5 Å². The van der Waals surface area contributed by atoms with Crippen LogP contribution in [0.25, 0.3) is 10.9 Å². The zero-order valence-corrected chi connectivity index (χ0v) is 11.6. The predicted molar refractivity (Wildman–Crippen MR) is 75.5 cm³/mol. The second kappa shape index (κ2) is 4.51. The number of aromatic nitrogens is 1. The van der Waals surface area contributed by atoms with E-state index in [9.17, 15) is 18.0 Å². The van der Waals surface area contributed by atoms with Crippen molar-refractivity contribution in [1.29, 1.82) is 0 Å². The molecule has 1 aliphatic rings. The van der Waals surface area contributed by atoms with E-state index in [0.29, 0.717) is 12.0 Å². The molecule has 0 fully saturated rings. The number of hydrogen-bond donors (Lipinski definition) is 2. The average Bonchev–Trinajstić information content (AvgIpc) is 2.36. The molecular weight excluding hydrogens is 281 g/mol. The molecule has 2 N–H and O–H groups in total. The van der Waals surface area contributed by atoms with Gasteiger partial charge in [0.25, 0.3) is 0 Å². The van der Waals surface area contributed by atoms with Crippen LogP contribution in [0.1, 0.15) is 25.0 Å². The third kappa shape index (κ3) is 2.39. The van der Waals surface area contributed by atoms with Crippen LogP contribution < -0.4 is 10.9 Å². The highest BCUT2D eigenvalue weighted by Crippen LogP contribution is 2.37. The quantitative estimate of drug-likeness (QED) is 0.781. The molecule has 0 saturated carbocycles.